The average Bonchev–Trinajstić information content (AvgIpc) is 1.46. The monoisotopic (exact) mass is 115 g/mol. The summed E-state index contributed by atoms with van der Waals surface area (Å²) < 4.78 is 24.8. The van der Waals surface area contributed by atoms with Gasteiger partial charge in [0.25, 0.3) is 0 Å². The second-order valence-electron chi connectivity index (χ2n) is 0.0630. The van der Waals surface area contributed by atoms with E-state index in [0.717, 1.165) is 0 Å². The average molecular weight is 115 g/mol. The van der Waals surface area contributed by atoms with Crippen molar-refractivity contribution < 1.29 is 27.2 Å². The van der Waals surface area contributed by atoms with E-state index >= 15 is 0 Å². The van der Waals surface area contributed by atoms with Gasteiger partial charge in [-0.05, 0) is 0 Å². The molecular weight excluding hydrogens is 114 g/mol. The third-order valence-electron chi connectivity index (χ3n) is 0. The molecule has 0 aliphatic heterocycles. The standard InChI is InChI=1S/BHO.Mn.2O/c1-2;;;/h1H;;;. The fraction of sp³-hybridized carbons (Fsp3) is 0. The first kappa shape index (κ1) is 8.88. The van der Waals surface area contributed by atoms with Gasteiger partial charge in [0, 0.05) is 0 Å². The maximum absolute atomic E-state index is 8.41. The molecule has 0 amide bonds. The van der Waals surface area contributed by atoms with E-state index in [1.165, 1.54) is 0 Å². The summed E-state index contributed by atoms with van der Waals surface area (Å²) in [6.45, 7) is 0. The van der Waals surface area contributed by atoms with Gasteiger partial charge in [0.1, 0.15) is 0 Å². The summed E-state index contributed by atoms with van der Waals surface area (Å²) >= 11 is -1.44. The predicted molar refractivity (Wildman–Crippen MR) is 9.21 cm³/mol. The molecule has 29 valence electrons. The molecule has 0 aromatic heterocycles. The molecule has 3 nitrogen and oxygen atoms in total. The zero-order chi connectivity index (χ0) is 4.71. The van der Waals surface area contributed by atoms with Gasteiger partial charge in [0.05, 0.1) is 0 Å². The third-order valence-corrected chi connectivity index (χ3v) is 0. The summed E-state index contributed by atoms with van der Waals surface area (Å²) in [5, 5.41) is 0. The molecule has 0 saturated carbocycles. The van der Waals surface area contributed by atoms with Crippen LogP contribution in [0.5, 0.6) is 0 Å². The van der Waals surface area contributed by atoms with Gasteiger partial charge in [-0.2, -0.15) is 0 Å². The second kappa shape index (κ2) is 36.6. The molecule has 0 radical (unpaired) electrons. The Hall–Kier alpha value is -0.0156. The van der Waals surface area contributed by atoms with Crippen molar-refractivity contribution in [1.82, 2.24) is 0 Å². The molecule has 0 fully saturated rings. The summed E-state index contributed by atoms with van der Waals surface area (Å²) in [4.78, 5) is 0. The first-order valence-corrected chi connectivity index (χ1v) is 1.56. The fourth-order valence-corrected chi connectivity index (χ4v) is 0. The molecule has 0 spiro atoms. The molecule has 5 heavy (non-hydrogen) atoms. The van der Waals surface area contributed by atoms with Crippen LogP contribution in [-0.2, 0) is 27.2 Å². The second-order valence-corrected chi connectivity index (χ2v) is 0.260. The van der Waals surface area contributed by atoms with E-state index in [1.54, 1.807) is 0 Å². The van der Waals surface area contributed by atoms with E-state index in [4.69, 9.17) is 12.4 Å². The van der Waals surface area contributed by atoms with Gasteiger partial charge in [-0.1, -0.05) is 0 Å². The van der Waals surface area contributed by atoms with E-state index in [0.29, 0.717) is 0 Å². The Labute approximate surface area is 35.7 Å². The molecule has 0 atom stereocenters. The van der Waals surface area contributed by atoms with E-state index in [-0.39, 0.29) is 0 Å². The van der Waals surface area contributed by atoms with Crippen LogP contribution in [0.4, 0.5) is 0 Å². The third kappa shape index (κ3) is 64600. The zero-order valence-electron chi connectivity index (χ0n) is 2.31. The predicted octanol–water partition coefficient (Wildman–Crippen LogP) is -1.01. The molecule has 0 saturated heterocycles. The Balaban J connectivity index is 0. The van der Waals surface area contributed by atoms with Crippen LogP contribution < -0.4 is 0 Å². The molecule has 0 unspecified atom stereocenters. The van der Waals surface area contributed by atoms with Crippen molar-refractivity contribution in [2.45, 2.75) is 0 Å². The molecule has 0 aliphatic rings. The van der Waals surface area contributed by atoms with Gasteiger partial charge in [-0.15, -0.1) is 0 Å². The SMILES string of the molecule is B=O.[O]=[Mn]=[O]. The van der Waals surface area contributed by atoms with Crippen LogP contribution in [0.2, 0.25) is 0 Å². The molecule has 0 aromatic carbocycles. The van der Waals surface area contributed by atoms with Crippen LogP contribution in [0.15, 0.2) is 0 Å². The fourth-order valence-electron chi connectivity index (χ4n) is 0. The summed E-state index contributed by atoms with van der Waals surface area (Å²) in [5.41, 5.74) is 0. The van der Waals surface area contributed by atoms with Gasteiger partial charge in [-0.25, -0.2) is 0 Å². The van der Waals surface area contributed by atoms with Crippen molar-refractivity contribution in [2.75, 3.05) is 0 Å². The van der Waals surface area contributed by atoms with Crippen molar-refractivity contribution in [3.05, 3.63) is 0 Å². The van der Waals surface area contributed by atoms with Gasteiger partial charge >= 0.3 is 34.9 Å². The van der Waals surface area contributed by atoms with Crippen LogP contribution in [0.1, 0.15) is 0 Å². The van der Waals surface area contributed by atoms with Crippen molar-refractivity contribution in [3.63, 3.8) is 0 Å². The van der Waals surface area contributed by atoms with Crippen LogP contribution in [0, 0.1) is 0 Å². The number of hydrogen-bond donors (Lipinski definition) is 0. The van der Waals surface area contributed by atoms with Crippen LogP contribution in [0.25, 0.3) is 0 Å². The Morgan fingerprint density at radius 2 is 1.20 bits per heavy atom. The maximum atomic E-state index is 8.41. The summed E-state index contributed by atoms with van der Waals surface area (Å²) in [6, 6.07) is 0. The van der Waals surface area contributed by atoms with Crippen LogP contribution >= 0.6 is 0 Å². The van der Waals surface area contributed by atoms with Gasteiger partial charge < -0.3 is 0 Å². The molecule has 5 heteroatoms. The number of rotatable bonds is 0. The van der Waals surface area contributed by atoms with E-state index in [1.807, 2.05) is 7.72 Å². The van der Waals surface area contributed by atoms with Gasteiger partial charge in [-0.3, -0.25) is 0 Å². The summed E-state index contributed by atoms with van der Waals surface area (Å²) in [5.74, 6) is 0. The van der Waals surface area contributed by atoms with Crippen molar-refractivity contribution in [3.8, 4) is 0 Å². The topological polar surface area (TPSA) is 51.2 Å². The van der Waals surface area contributed by atoms with Gasteiger partial charge in [0.2, 0.25) is 0 Å². The quantitative estimate of drug-likeness (QED) is 0.380. The normalized spacial score (nSPS) is 3.00. The molecule has 0 rings (SSSR count). The van der Waals surface area contributed by atoms with Crippen molar-refractivity contribution in [1.29, 1.82) is 0 Å². The van der Waals surface area contributed by atoms with Crippen LogP contribution in [0.3, 0.4) is 0 Å². The molecule has 0 aromatic rings. The van der Waals surface area contributed by atoms with E-state index in [2.05, 4.69) is 0 Å². The number of hydrogen-bond acceptors (Lipinski definition) is 3. The minimum atomic E-state index is -1.44. The Morgan fingerprint density at radius 3 is 1.20 bits per heavy atom. The Bertz CT molecular complexity index is 36.2. The first-order valence-electron chi connectivity index (χ1n) is 0.597. The first-order chi connectivity index (χ1) is 2.41. The summed E-state index contributed by atoms with van der Waals surface area (Å²) in [7, 11) is 2.00. The molecule has 0 bridgehead atoms. The van der Waals surface area contributed by atoms with E-state index in [9.17, 15) is 0 Å². The Kier molecular flexibility index (Phi) is 65.1. The van der Waals surface area contributed by atoms with Gasteiger partial charge in [0.15, 0.2) is 0 Å². The summed E-state index contributed by atoms with van der Waals surface area (Å²) in [6.07, 6.45) is 0. The van der Waals surface area contributed by atoms with Crippen molar-refractivity contribution >= 4 is 7.72 Å². The molecule has 0 heterocycles. The van der Waals surface area contributed by atoms with Crippen molar-refractivity contribution in [2.24, 2.45) is 0 Å². The zero-order valence-corrected chi connectivity index (χ0v) is 3.49. The van der Waals surface area contributed by atoms with Crippen LogP contribution in [-0.4, -0.2) is 7.72 Å². The Morgan fingerprint density at radius 1 is 1.20 bits per heavy atom. The minimum absolute atomic E-state index is 1.44. The molecule has 0 N–H and O–H groups in total. The molecule has 0 aliphatic carbocycles. The molecular formula is HBMnO3. The van der Waals surface area contributed by atoms with E-state index < -0.39 is 14.8 Å².